The number of nitrogens with one attached hydrogen (secondary N) is 1. The molecule has 0 unspecified atom stereocenters. The zero-order valence-electron chi connectivity index (χ0n) is 12.8. The first-order chi connectivity index (χ1) is 11.2. The lowest BCUT2D eigenvalue weighted by Gasteiger charge is -2.13. The summed E-state index contributed by atoms with van der Waals surface area (Å²) in [6.07, 6.45) is 1.86. The van der Waals surface area contributed by atoms with Crippen LogP contribution in [0.4, 0.5) is 0 Å². The van der Waals surface area contributed by atoms with E-state index < -0.39 is 11.9 Å². The largest absolute Gasteiger partial charge is 0.469 e. The first-order valence-electron chi connectivity index (χ1n) is 7.43. The molecule has 4 nitrogen and oxygen atoms in total. The Kier molecular flexibility index (Phi) is 4.24. The third kappa shape index (κ3) is 3.01. The van der Waals surface area contributed by atoms with Gasteiger partial charge in [-0.2, -0.15) is 0 Å². The van der Waals surface area contributed by atoms with Crippen molar-refractivity contribution in [2.75, 3.05) is 7.11 Å². The summed E-state index contributed by atoms with van der Waals surface area (Å²) in [5, 5.41) is 0.934. The minimum atomic E-state index is -0.621. The van der Waals surface area contributed by atoms with Gasteiger partial charge in [-0.15, -0.1) is 0 Å². The molecule has 0 aliphatic rings. The molecule has 0 saturated heterocycles. The van der Waals surface area contributed by atoms with Gasteiger partial charge < -0.3 is 9.72 Å². The number of aromatic amines is 1. The van der Waals surface area contributed by atoms with Gasteiger partial charge in [0.1, 0.15) is 0 Å². The van der Waals surface area contributed by atoms with E-state index in [1.54, 1.807) is 18.3 Å². The number of carbonyl (C=O) groups is 2. The summed E-state index contributed by atoms with van der Waals surface area (Å²) < 4.78 is 4.92. The summed E-state index contributed by atoms with van der Waals surface area (Å²) in [6.45, 7) is 0. The van der Waals surface area contributed by atoms with Crippen LogP contribution in [0.3, 0.4) is 0 Å². The molecular formula is C19H17NO3. The summed E-state index contributed by atoms with van der Waals surface area (Å²) in [5.74, 6) is -1.10. The number of hydrogen-bond donors (Lipinski definition) is 1. The molecule has 3 aromatic rings. The van der Waals surface area contributed by atoms with Gasteiger partial charge in [-0.05, 0) is 11.6 Å². The lowest BCUT2D eigenvalue weighted by atomic mass is 9.91. The number of H-pyrrole nitrogens is 1. The fraction of sp³-hybridized carbons (Fsp3) is 0.158. The number of benzene rings is 2. The average Bonchev–Trinajstić information content (AvgIpc) is 3.03. The Hall–Kier alpha value is -2.88. The maximum absolute atomic E-state index is 12.5. The van der Waals surface area contributed by atoms with Crippen LogP contribution in [0.25, 0.3) is 10.9 Å². The summed E-state index contributed by atoms with van der Waals surface area (Å²) in [5.41, 5.74) is 2.32. The first kappa shape index (κ1) is 15.0. The molecule has 1 N–H and O–H groups in total. The van der Waals surface area contributed by atoms with Gasteiger partial charge in [0.25, 0.3) is 0 Å². The van der Waals surface area contributed by atoms with Crippen LogP contribution >= 0.6 is 0 Å². The number of carbonyl (C=O) groups excluding carboxylic acids is 2. The number of esters is 1. The van der Waals surface area contributed by atoms with Crippen molar-refractivity contribution < 1.29 is 14.3 Å². The molecule has 0 saturated carbocycles. The molecule has 0 bridgehead atoms. The van der Waals surface area contributed by atoms with Gasteiger partial charge in [0.05, 0.1) is 13.0 Å². The lowest BCUT2D eigenvalue weighted by Crippen LogP contribution is -2.18. The highest BCUT2D eigenvalue weighted by Crippen LogP contribution is 2.30. The van der Waals surface area contributed by atoms with Crippen LogP contribution in [-0.2, 0) is 9.53 Å². The van der Waals surface area contributed by atoms with Gasteiger partial charge in [-0.1, -0.05) is 48.5 Å². The van der Waals surface area contributed by atoms with Crippen molar-refractivity contribution in [1.29, 1.82) is 0 Å². The molecule has 0 radical (unpaired) electrons. The molecule has 1 atom stereocenters. The zero-order valence-corrected chi connectivity index (χ0v) is 12.8. The Labute approximate surface area is 134 Å². The summed E-state index contributed by atoms with van der Waals surface area (Å²) in [6, 6.07) is 16.7. The third-order valence-corrected chi connectivity index (χ3v) is 3.97. The van der Waals surface area contributed by atoms with Crippen LogP contribution in [0.15, 0.2) is 60.8 Å². The fourth-order valence-electron chi connectivity index (χ4n) is 2.77. The first-order valence-corrected chi connectivity index (χ1v) is 7.43. The van der Waals surface area contributed by atoms with E-state index in [0.29, 0.717) is 5.56 Å². The molecule has 23 heavy (non-hydrogen) atoms. The van der Waals surface area contributed by atoms with E-state index in [0.717, 1.165) is 16.5 Å². The minimum absolute atomic E-state index is 0.0775. The highest BCUT2D eigenvalue weighted by molar-refractivity contribution is 6.00. The Bertz CT molecular complexity index is 836. The highest BCUT2D eigenvalue weighted by atomic mass is 16.5. The normalized spacial score (nSPS) is 12.0. The topological polar surface area (TPSA) is 59.2 Å². The average molecular weight is 307 g/mol. The van der Waals surface area contributed by atoms with Crippen molar-refractivity contribution in [2.24, 2.45) is 0 Å². The molecule has 2 aromatic carbocycles. The quantitative estimate of drug-likeness (QED) is 0.577. The number of Topliss-reactive ketones (excluding diaryl/α,β-unsaturated/α-hetero) is 1. The molecule has 4 heteroatoms. The van der Waals surface area contributed by atoms with Crippen LogP contribution in [0.2, 0.25) is 0 Å². The summed E-state index contributed by atoms with van der Waals surface area (Å²) in [4.78, 5) is 27.9. The van der Waals surface area contributed by atoms with E-state index in [-0.39, 0.29) is 12.2 Å². The molecule has 0 aliphatic heterocycles. The van der Waals surface area contributed by atoms with Gasteiger partial charge in [0.2, 0.25) is 0 Å². The number of ketones is 1. The van der Waals surface area contributed by atoms with Gasteiger partial charge in [0, 0.05) is 29.1 Å². The smallest absolute Gasteiger partial charge is 0.313 e. The monoisotopic (exact) mass is 307 g/mol. The van der Waals surface area contributed by atoms with Gasteiger partial charge in [-0.25, -0.2) is 0 Å². The molecule has 0 spiro atoms. The molecule has 3 rings (SSSR count). The number of para-hydroxylation sites is 1. The van der Waals surface area contributed by atoms with Gasteiger partial charge in [0.15, 0.2) is 5.78 Å². The van der Waals surface area contributed by atoms with Crippen molar-refractivity contribution in [3.05, 3.63) is 71.9 Å². The summed E-state index contributed by atoms with van der Waals surface area (Å²) >= 11 is 0. The number of aromatic nitrogens is 1. The Morgan fingerprint density at radius 1 is 1.04 bits per heavy atom. The number of methoxy groups -OCH3 is 1. The van der Waals surface area contributed by atoms with E-state index >= 15 is 0 Å². The predicted molar refractivity (Wildman–Crippen MR) is 88.4 cm³/mol. The zero-order chi connectivity index (χ0) is 16.2. The SMILES string of the molecule is COC(=O)[C@@H](CC(=O)c1ccccc1)c1c[nH]c2ccccc12. The Morgan fingerprint density at radius 2 is 1.74 bits per heavy atom. The van der Waals surface area contributed by atoms with Crippen molar-refractivity contribution in [3.8, 4) is 0 Å². The molecule has 116 valence electrons. The fourth-order valence-corrected chi connectivity index (χ4v) is 2.77. The molecule has 0 fully saturated rings. The number of fused-ring (bicyclic) bond motifs is 1. The molecule has 1 heterocycles. The van der Waals surface area contributed by atoms with Gasteiger partial charge in [-0.3, -0.25) is 9.59 Å². The third-order valence-electron chi connectivity index (χ3n) is 3.97. The van der Waals surface area contributed by atoms with E-state index in [2.05, 4.69) is 4.98 Å². The minimum Gasteiger partial charge on any atom is -0.469 e. The number of hydrogen-bond acceptors (Lipinski definition) is 3. The Morgan fingerprint density at radius 3 is 2.48 bits per heavy atom. The molecular weight excluding hydrogens is 290 g/mol. The lowest BCUT2D eigenvalue weighted by molar-refractivity contribution is -0.142. The van der Waals surface area contributed by atoms with Crippen molar-refractivity contribution in [2.45, 2.75) is 12.3 Å². The maximum atomic E-state index is 12.5. The van der Waals surface area contributed by atoms with E-state index in [1.165, 1.54) is 7.11 Å². The van der Waals surface area contributed by atoms with Crippen LogP contribution in [0, 0.1) is 0 Å². The molecule has 0 aliphatic carbocycles. The van der Waals surface area contributed by atoms with Crippen LogP contribution in [0.1, 0.15) is 28.3 Å². The van der Waals surface area contributed by atoms with Gasteiger partial charge >= 0.3 is 5.97 Å². The second-order valence-corrected chi connectivity index (χ2v) is 5.36. The van der Waals surface area contributed by atoms with Crippen molar-refractivity contribution in [1.82, 2.24) is 4.98 Å². The van der Waals surface area contributed by atoms with Crippen LogP contribution in [0.5, 0.6) is 0 Å². The van der Waals surface area contributed by atoms with Crippen LogP contribution < -0.4 is 0 Å². The van der Waals surface area contributed by atoms with Crippen LogP contribution in [-0.4, -0.2) is 23.8 Å². The second-order valence-electron chi connectivity index (χ2n) is 5.36. The Balaban J connectivity index is 1.96. The number of rotatable bonds is 5. The van der Waals surface area contributed by atoms with Crippen molar-refractivity contribution >= 4 is 22.7 Å². The predicted octanol–water partition coefficient (Wildman–Crippen LogP) is 3.70. The van der Waals surface area contributed by atoms with E-state index in [1.807, 2.05) is 42.5 Å². The number of ether oxygens (including phenoxy) is 1. The van der Waals surface area contributed by atoms with E-state index in [4.69, 9.17) is 4.74 Å². The molecule has 0 amide bonds. The van der Waals surface area contributed by atoms with Crippen molar-refractivity contribution in [3.63, 3.8) is 0 Å². The standard InChI is InChI=1S/C19H17NO3/c1-23-19(22)15(11-18(21)13-7-3-2-4-8-13)16-12-20-17-10-6-5-9-14(16)17/h2-10,12,15,20H,11H2,1H3/t15-/m0/s1. The maximum Gasteiger partial charge on any atom is 0.313 e. The molecule has 1 aromatic heterocycles. The highest BCUT2D eigenvalue weighted by Gasteiger charge is 2.27. The van der Waals surface area contributed by atoms with E-state index in [9.17, 15) is 9.59 Å². The summed E-state index contributed by atoms with van der Waals surface area (Å²) in [7, 11) is 1.34. The second kappa shape index (κ2) is 6.48.